The van der Waals surface area contributed by atoms with E-state index in [1.165, 1.54) is 0 Å². The number of non-ortho nitro benzene ring substituents is 1. The van der Waals surface area contributed by atoms with Gasteiger partial charge in [0.05, 0.1) is 24.2 Å². The molecule has 2 fully saturated rings. The summed E-state index contributed by atoms with van der Waals surface area (Å²) in [6.07, 6.45) is 0. The molecule has 1 aromatic rings. The fourth-order valence-electron chi connectivity index (χ4n) is 2.95. The minimum Gasteiger partial charge on any atom is -0.378 e. The van der Waals surface area contributed by atoms with Crippen LogP contribution in [0.15, 0.2) is 24.3 Å². The lowest BCUT2D eigenvalue weighted by atomic mass is 10.1. The topological polar surface area (TPSA) is 58.8 Å². The normalized spacial score (nSPS) is 24.4. The Bertz CT molecular complexity index is 487. The fraction of sp³-hybridized carbons (Fsp3) is 0.571. The van der Waals surface area contributed by atoms with Gasteiger partial charge in [-0.3, -0.25) is 15.0 Å². The zero-order valence-corrected chi connectivity index (χ0v) is 11.6. The van der Waals surface area contributed by atoms with Gasteiger partial charge in [-0.2, -0.15) is 0 Å². The highest BCUT2D eigenvalue weighted by Crippen LogP contribution is 2.24. The lowest BCUT2D eigenvalue weighted by Gasteiger charge is -2.47. The van der Waals surface area contributed by atoms with Gasteiger partial charge in [0.2, 0.25) is 0 Å². The molecular formula is C14H19N3O3. The van der Waals surface area contributed by atoms with Gasteiger partial charge < -0.3 is 9.64 Å². The van der Waals surface area contributed by atoms with Crippen LogP contribution in [0.3, 0.4) is 0 Å². The Morgan fingerprint density at radius 3 is 2.45 bits per heavy atom. The second-order valence-corrected chi connectivity index (χ2v) is 5.50. The van der Waals surface area contributed by atoms with Gasteiger partial charge in [0, 0.05) is 43.5 Å². The third-order valence-electron chi connectivity index (χ3n) is 4.19. The third-order valence-corrected chi connectivity index (χ3v) is 4.19. The second-order valence-electron chi connectivity index (χ2n) is 5.50. The van der Waals surface area contributed by atoms with Crippen molar-refractivity contribution in [3.8, 4) is 0 Å². The first-order valence-electron chi connectivity index (χ1n) is 6.98. The molecule has 0 saturated carbocycles. The summed E-state index contributed by atoms with van der Waals surface area (Å²) in [6.45, 7) is 6.86. The number of nitro groups is 1. The Hall–Kier alpha value is -1.66. The SMILES string of the molecule is C[C@H]1CN(c2ccc([N+](=O)[O-])cc2)CCN1C1COC1. The highest BCUT2D eigenvalue weighted by molar-refractivity contribution is 5.51. The molecule has 1 aromatic carbocycles. The average Bonchev–Trinajstić information content (AvgIpc) is 2.39. The minimum absolute atomic E-state index is 0.145. The van der Waals surface area contributed by atoms with Crippen molar-refractivity contribution < 1.29 is 9.66 Å². The van der Waals surface area contributed by atoms with E-state index in [1.54, 1.807) is 12.1 Å². The van der Waals surface area contributed by atoms with Crippen LogP contribution in [-0.2, 0) is 4.74 Å². The van der Waals surface area contributed by atoms with Crippen LogP contribution in [0.1, 0.15) is 6.92 Å². The summed E-state index contributed by atoms with van der Waals surface area (Å²) in [5.74, 6) is 0. The van der Waals surface area contributed by atoms with Gasteiger partial charge in [-0.15, -0.1) is 0 Å². The Labute approximate surface area is 118 Å². The summed E-state index contributed by atoms with van der Waals surface area (Å²) < 4.78 is 5.26. The quantitative estimate of drug-likeness (QED) is 0.619. The van der Waals surface area contributed by atoms with Gasteiger partial charge in [0.15, 0.2) is 0 Å². The van der Waals surface area contributed by atoms with Crippen molar-refractivity contribution in [2.45, 2.75) is 19.0 Å². The van der Waals surface area contributed by atoms with E-state index in [4.69, 9.17) is 4.74 Å². The van der Waals surface area contributed by atoms with Gasteiger partial charge in [0.25, 0.3) is 5.69 Å². The fourth-order valence-corrected chi connectivity index (χ4v) is 2.95. The number of benzene rings is 1. The highest BCUT2D eigenvalue weighted by Gasteiger charge is 2.33. The molecule has 0 amide bonds. The smallest absolute Gasteiger partial charge is 0.269 e. The lowest BCUT2D eigenvalue weighted by Crippen LogP contribution is -2.60. The maximum atomic E-state index is 10.7. The minimum atomic E-state index is -0.360. The Balaban J connectivity index is 1.65. The molecular weight excluding hydrogens is 258 g/mol. The first kappa shape index (κ1) is 13.3. The predicted molar refractivity (Wildman–Crippen MR) is 76.1 cm³/mol. The predicted octanol–water partition coefficient (Wildman–Crippen LogP) is 1.50. The zero-order chi connectivity index (χ0) is 14.1. The van der Waals surface area contributed by atoms with E-state index in [0.29, 0.717) is 12.1 Å². The van der Waals surface area contributed by atoms with Crippen LogP contribution in [0.2, 0.25) is 0 Å². The number of hydrogen-bond donors (Lipinski definition) is 0. The summed E-state index contributed by atoms with van der Waals surface area (Å²) in [5, 5.41) is 10.7. The van der Waals surface area contributed by atoms with Crippen LogP contribution in [0.5, 0.6) is 0 Å². The van der Waals surface area contributed by atoms with Crippen molar-refractivity contribution in [2.24, 2.45) is 0 Å². The van der Waals surface area contributed by atoms with Gasteiger partial charge >= 0.3 is 0 Å². The van der Waals surface area contributed by atoms with Crippen LogP contribution < -0.4 is 4.90 Å². The summed E-state index contributed by atoms with van der Waals surface area (Å²) in [5.41, 5.74) is 1.21. The lowest BCUT2D eigenvalue weighted by molar-refractivity contribution is -0.384. The molecule has 0 aromatic heterocycles. The summed E-state index contributed by atoms with van der Waals surface area (Å²) in [7, 11) is 0. The molecule has 2 saturated heterocycles. The van der Waals surface area contributed by atoms with E-state index in [-0.39, 0.29) is 10.6 Å². The van der Waals surface area contributed by atoms with Crippen LogP contribution in [0.4, 0.5) is 11.4 Å². The van der Waals surface area contributed by atoms with Crippen molar-refractivity contribution >= 4 is 11.4 Å². The molecule has 2 aliphatic rings. The van der Waals surface area contributed by atoms with E-state index in [0.717, 1.165) is 38.5 Å². The number of piperazine rings is 1. The molecule has 0 spiro atoms. The van der Waals surface area contributed by atoms with Crippen molar-refractivity contribution in [3.63, 3.8) is 0 Å². The average molecular weight is 277 g/mol. The number of anilines is 1. The molecule has 1 atom stereocenters. The van der Waals surface area contributed by atoms with Crippen molar-refractivity contribution in [1.29, 1.82) is 0 Å². The Morgan fingerprint density at radius 1 is 1.25 bits per heavy atom. The molecule has 2 heterocycles. The number of nitro benzene ring substituents is 1. The molecule has 0 radical (unpaired) electrons. The van der Waals surface area contributed by atoms with Crippen LogP contribution in [0, 0.1) is 10.1 Å². The summed E-state index contributed by atoms with van der Waals surface area (Å²) in [6, 6.07) is 7.88. The van der Waals surface area contributed by atoms with E-state index < -0.39 is 0 Å². The Kier molecular flexibility index (Phi) is 3.58. The molecule has 0 N–H and O–H groups in total. The maximum absolute atomic E-state index is 10.7. The van der Waals surface area contributed by atoms with Gasteiger partial charge in [0.1, 0.15) is 0 Å². The summed E-state index contributed by atoms with van der Waals surface area (Å²) in [4.78, 5) is 15.1. The van der Waals surface area contributed by atoms with Crippen molar-refractivity contribution in [1.82, 2.24) is 4.90 Å². The van der Waals surface area contributed by atoms with Crippen molar-refractivity contribution in [2.75, 3.05) is 37.7 Å². The molecule has 2 aliphatic heterocycles. The highest BCUT2D eigenvalue weighted by atomic mass is 16.6. The monoisotopic (exact) mass is 277 g/mol. The first-order valence-corrected chi connectivity index (χ1v) is 6.98. The van der Waals surface area contributed by atoms with E-state index in [2.05, 4.69) is 16.7 Å². The van der Waals surface area contributed by atoms with Gasteiger partial charge in [-0.1, -0.05) is 0 Å². The van der Waals surface area contributed by atoms with Gasteiger partial charge in [-0.05, 0) is 19.1 Å². The molecule has 6 nitrogen and oxygen atoms in total. The largest absolute Gasteiger partial charge is 0.378 e. The molecule has 0 unspecified atom stereocenters. The number of ether oxygens (including phenoxy) is 1. The van der Waals surface area contributed by atoms with E-state index in [1.807, 2.05) is 12.1 Å². The van der Waals surface area contributed by atoms with Crippen LogP contribution in [0.25, 0.3) is 0 Å². The standard InChI is InChI=1S/C14H19N3O3/c1-11-8-15(6-7-16(11)14-9-20-10-14)12-2-4-13(5-3-12)17(18)19/h2-5,11,14H,6-10H2,1H3/t11-/m0/s1. The number of rotatable bonds is 3. The second kappa shape index (κ2) is 5.38. The maximum Gasteiger partial charge on any atom is 0.269 e. The molecule has 0 aliphatic carbocycles. The number of nitrogens with zero attached hydrogens (tertiary/aromatic N) is 3. The van der Waals surface area contributed by atoms with Gasteiger partial charge in [-0.25, -0.2) is 0 Å². The molecule has 0 bridgehead atoms. The molecule has 6 heteroatoms. The number of hydrogen-bond acceptors (Lipinski definition) is 5. The van der Waals surface area contributed by atoms with Crippen LogP contribution in [-0.4, -0.2) is 54.8 Å². The van der Waals surface area contributed by atoms with Crippen molar-refractivity contribution in [3.05, 3.63) is 34.4 Å². The van der Waals surface area contributed by atoms with E-state index >= 15 is 0 Å². The van der Waals surface area contributed by atoms with Crippen LogP contribution >= 0.6 is 0 Å². The third kappa shape index (κ3) is 2.48. The molecule has 20 heavy (non-hydrogen) atoms. The molecule has 108 valence electrons. The first-order chi connectivity index (χ1) is 9.65. The van der Waals surface area contributed by atoms with E-state index in [9.17, 15) is 10.1 Å². The zero-order valence-electron chi connectivity index (χ0n) is 11.6. The summed E-state index contributed by atoms with van der Waals surface area (Å²) >= 11 is 0. The molecule has 3 rings (SSSR count). The Morgan fingerprint density at radius 2 is 1.95 bits per heavy atom.